The lowest BCUT2D eigenvalue weighted by Crippen LogP contribution is -2.50. The Hall–Kier alpha value is -0.0300. The second-order valence-corrected chi connectivity index (χ2v) is 6.52. The van der Waals surface area contributed by atoms with Gasteiger partial charge in [-0.3, -0.25) is 9.69 Å². The van der Waals surface area contributed by atoms with Gasteiger partial charge in [-0.15, -0.1) is 24.8 Å². The van der Waals surface area contributed by atoms with E-state index in [-0.39, 0.29) is 36.1 Å². The van der Waals surface area contributed by atoms with Crippen molar-refractivity contribution in [2.75, 3.05) is 19.6 Å². The summed E-state index contributed by atoms with van der Waals surface area (Å²) in [4.78, 5) is 14.3. The van der Waals surface area contributed by atoms with Crippen LogP contribution in [0.5, 0.6) is 0 Å². The zero-order valence-corrected chi connectivity index (χ0v) is 14.8. The summed E-state index contributed by atoms with van der Waals surface area (Å²) in [5.41, 5.74) is 5.74. The molecular formula is C14H31Cl2N3O. The largest absolute Gasteiger partial charge is 0.353 e. The van der Waals surface area contributed by atoms with Crippen LogP contribution in [0.1, 0.15) is 47.0 Å². The van der Waals surface area contributed by atoms with Gasteiger partial charge >= 0.3 is 0 Å². The summed E-state index contributed by atoms with van der Waals surface area (Å²) in [6, 6.07) is 0.211. The van der Waals surface area contributed by atoms with Crippen molar-refractivity contribution >= 4 is 30.7 Å². The molecule has 1 aliphatic heterocycles. The van der Waals surface area contributed by atoms with Crippen molar-refractivity contribution in [3.05, 3.63) is 0 Å². The molecule has 1 heterocycles. The highest BCUT2D eigenvalue weighted by Crippen LogP contribution is 2.17. The first-order valence-corrected chi connectivity index (χ1v) is 7.09. The predicted octanol–water partition coefficient (Wildman–Crippen LogP) is 2.19. The molecular weight excluding hydrogens is 297 g/mol. The SMILES string of the molecule is CC1CCCCN1CCNC(=O)[C@@H](N)C(C)(C)C.Cl.Cl. The first-order chi connectivity index (χ1) is 8.32. The number of amides is 1. The molecule has 0 aromatic carbocycles. The molecule has 3 N–H and O–H groups in total. The molecule has 1 rings (SSSR count). The van der Waals surface area contributed by atoms with Crippen molar-refractivity contribution in [1.82, 2.24) is 10.2 Å². The van der Waals surface area contributed by atoms with Crippen LogP contribution in [0.3, 0.4) is 0 Å². The molecule has 1 aliphatic rings. The standard InChI is InChI=1S/C14H29N3O.2ClH/c1-11-7-5-6-9-17(11)10-8-16-13(18)12(15)14(2,3)4;;/h11-12H,5-10,15H2,1-4H3,(H,16,18);2*1H/t11?,12-;;/m1../s1. The second-order valence-electron chi connectivity index (χ2n) is 6.52. The number of nitrogens with zero attached hydrogens (tertiary/aromatic N) is 1. The number of hydrogen-bond acceptors (Lipinski definition) is 3. The van der Waals surface area contributed by atoms with E-state index in [1.54, 1.807) is 0 Å². The Labute approximate surface area is 136 Å². The van der Waals surface area contributed by atoms with Gasteiger partial charge in [-0.05, 0) is 31.7 Å². The van der Waals surface area contributed by atoms with Gasteiger partial charge < -0.3 is 11.1 Å². The van der Waals surface area contributed by atoms with Crippen LogP contribution in [-0.4, -0.2) is 42.5 Å². The summed E-state index contributed by atoms with van der Waals surface area (Å²) in [5.74, 6) is -0.0350. The first kappa shape index (κ1) is 22.3. The van der Waals surface area contributed by atoms with Crippen LogP contribution in [-0.2, 0) is 4.79 Å². The fraction of sp³-hybridized carbons (Fsp3) is 0.929. The Morgan fingerprint density at radius 1 is 1.35 bits per heavy atom. The topological polar surface area (TPSA) is 58.4 Å². The number of halogens is 2. The zero-order chi connectivity index (χ0) is 13.8. The summed E-state index contributed by atoms with van der Waals surface area (Å²) >= 11 is 0. The van der Waals surface area contributed by atoms with E-state index < -0.39 is 6.04 Å². The lowest BCUT2D eigenvalue weighted by Gasteiger charge is -2.33. The molecule has 1 fully saturated rings. The molecule has 0 aromatic heterocycles. The van der Waals surface area contributed by atoms with Crippen molar-refractivity contribution in [1.29, 1.82) is 0 Å². The van der Waals surface area contributed by atoms with Gasteiger partial charge in [0.1, 0.15) is 0 Å². The van der Waals surface area contributed by atoms with Crippen molar-refractivity contribution < 1.29 is 4.79 Å². The molecule has 1 saturated heterocycles. The maximum Gasteiger partial charge on any atom is 0.237 e. The van der Waals surface area contributed by atoms with Crippen LogP contribution >= 0.6 is 24.8 Å². The summed E-state index contributed by atoms with van der Waals surface area (Å²) < 4.78 is 0. The molecule has 4 nitrogen and oxygen atoms in total. The van der Waals surface area contributed by atoms with E-state index in [2.05, 4.69) is 17.1 Å². The van der Waals surface area contributed by atoms with Crippen LogP contribution in [0, 0.1) is 5.41 Å². The summed E-state index contributed by atoms with van der Waals surface area (Å²) in [6.07, 6.45) is 3.88. The van der Waals surface area contributed by atoms with Crippen LogP contribution in [0.15, 0.2) is 0 Å². The smallest absolute Gasteiger partial charge is 0.237 e. The lowest BCUT2D eigenvalue weighted by atomic mass is 9.87. The van der Waals surface area contributed by atoms with Gasteiger partial charge in [-0.1, -0.05) is 27.2 Å². The molecule has 0 radical (unpaired) electrons. The maximum atomic E-state index is 11.9. The molecule has 20 heavy (non-hydrogen) atoms. The molecule has 6 heteroatoms. The minimum Gasteiger partial charge on any atom is -0.353 e. The molecule has 0 aliphatic carbocycles. The highest BCUT2D eigenvalue weighted by Gasteiger charge is 2.27. The monoisotopic (exact) mass is 327 g/mol. The molecule has 0 bridgehead atoms. The van der Waals surface area contributed by atoms with E-state index in [1.807, 2.05) is 20.8 Å². The van der Waals surface area contributed by atoms with E-state index >= 15 is 0 Å². The van der Waals surface area contributed by atoms with Gasteiger partial charge in [0.25, 0.3) is 0 Å². The molecule has 122 valence electrons. The van der Waals surface area contributed by atoms with E-state index in [4.69, 9.17) is 5.73 Å². The minimum absolute atomic E-state index is 0. The quantitative estimate of drug-likeness (QED) is 0.832. The number of carbonyl (C=O) groups excluding carboxylic acids is 1. The van der Waals surface area contributed by atoms with E-state index in [0.29, 0.717) is 12.6 Å². The molecule has 0 saturated carbocycles. The van der Waals surface area contributed by atoms with Crippen LogP contribution < -0.4 is 11.1 Å². The van der Waals surface area contributed by atoms with Crippen molar-refractivity contribution in [3.8, 4) is 0 Å². The average Bonchev–Trinajstić information content (AvgIpc) is 2.29. The summed E-state index contributed by atoms with van der Waals surface area (Å²) in [5, 5.41) is 2.95. The van der Waals surface area contributed by atoms with Gasteiger partial charge in [0.2, 0.25) is 5.91 Å². The average molecular weight is 328 g/mol. The van der Waals surface area contributed by atoms with Gasteiger partial charge in [0.15, 0.2) is 0 Å². The molecule has 1 amide bonds. The number of piperidine rings is 1. The van der Waals surface area contributed by atoms with Gasteiger partial charge in [0.05, 0.1) is 6.04 Å². The molecule has 0 spiro atoms. The molecule has 2 atom stereocenters. The van der Waals surface area contributed by atoms with Crippen molar-refractivity contribution in [2.24, 2.45) is 11.1 Å². The van der Waals surface area contributed by atoms with Crippen LogP contribution in [0.2, 0.25) is 0 Å². The summed E-state index contributed by atoms with van der Waals surface area (Å²) in [6.45, 7) is 11.0. The van der Waals surface area contributed by atoms with E-state index in [0.717, 1.165) is 13.1 Å². The van der Waals surface area contributed by atoms with Gasteiger partial charge in [-0.25, -0.2) is 0 Å². The normalized spacial score (nSPS) is 21.4. The third-order valence-corrected chi connectivity index (χ3v) is 3.85. The minimum atomic E-state index is -0.434. The number of likely N-dealkylation sites (tertiary alicyclic amines) is 1. The zero-order valence-electron chi connectivity index (χ0n) is 13.1. The highest BCUT2D eigenvalue weighted by atomic mass is 35.5. The van der Waals surface area contributed by atoms with Gasteiger partial charge in [0, 0.05) is 19.1 Å². The van der Waals surface area contributed by atoms with Crippen molar-refractivity contribution in [3.63, 3.8) is 0 Å². The number of hydrogen-bond donors (Lipinski definition) is 2. The Kier molecular flexibility index (Phi) is 10.9. The van der Waals surface area contributed by atoms with Crippen LogP contribution in [0.25, 0.3) is 0 Å². The van der Waals surface area contributed by atoms with Crippen molar-refractivity contribution in [2.45, 2.75) is 59.0 Å². The first-order valence-electron chi connectivity index (χ1n) is 7.09. The Morgan fingerprint density at radius 2 is 1.95 bits per heavy atom. The van der Waals surface area contributed by atoms with Gasteiger partial charge in [-0.2, -0.15) is 0 Å². The summed E-state index contributed by atoms with van der Waals surface area (Å²) in [7, 11) is 0. The van der Waals surface area contributed by atoms with E-state index in [9.17, 15) is 4.79 Å². The van der Waals surface area contributed by atoms with E-state index in [1.165, 1.54) is 19.3 Å². The number of nitrogens with one attached hydrogen (secondary N) is 1. The Balaban J connectivity index is 0. The lowest BCUT2D eigenvalue weighted by molar-refractivity contribution is -0.124. The fourth-order valence-corrected chi connectivity index (χ4v) is 2.32. The highest BCUT2D eigenvalue weighted by molar-refractivity contribution is 5.85. The number of carbonyl (C=O) groups is 1. The Bertz CT molecular complexity index is 282. The second kappa shape index (κ2) is 9.82. The fourth-order valence-electron chi connectivity index (χ4n) is 2.32. The molecule has 1 unspecified atom stereocenters. The third-order valence-electron chi connectivity index (χ3n) is 3.85. The predicted molar refractivity (Wildman–Crippen MR) is 89.8 cm³/mol. The molecule has 0 aromatic rings. The Morgan fingerprint density at radius 3 is 2.45 bits per heavy atom. The van der Waals surface area contributed by atoms with Crippen LogP contribution in [0.4, 0.5) is 0 Å². The number of rotatable bonds is 4. The maximum absolute atomic E-state index is 11.9. The number of nitrogens with two attached hydrogens (primary N) is 1. The third kappa shape index (κ3) is 7.11.